The van der Waals surface area contributed by atoms with Crippen LogP contribution in [0, 0.1) is 0 Å². The molecule has 5 rings (SSSR count). The third kappa shape index (κ3) is 3.21. The molecule has 0 spiro atoms. The maximum absolute atomic E-state index is 6.45. The second kappa shape index (κ2) is 7.41. The Kier molecular flexibility index (Phi) is 4.60. The van der Waals surface area contributed by atoms with Crippen molar-refractivity contribution in [2.24, 2.45) is 0 Å². The molecule has 3 aromatic carbocycles. The molecule has 0 radical (unpaired) electrons. The fourth-order valence-corrected chi connectivity index (χ4v) is 4.33. The molecular weight excluding hydrogens is 360 g/mol. The van der Waals surface area contributed by atoms with Crippen LogP contribution in [0.25, 0.3) is 21.8 Å². The van der Waals surface area contributed by atoms with Gasteiger partial charge in [0, 0.05) is 31.7 Å². The Balaban J connectivity index is 1.64. The van der Waals surface area contributed by atoms with Crippen molar-refractivity contribution in [3.63, 3.8) is 0 Å². The van der Waals surface area contributed by atoms with Gasteiger partial charge < -0.3 is 19.9 Å². The molecule has 1 aliphatic rings. The van der Waals surface area contributed by atoms with Crippen molar-refractivity contribution in [3.8, 4) is 0 Å². The summed E-state index contributed by atoms with van der Waals surface area (Å²) in [4.78, 5) is 7.24. The van der Waals surface area contributed by atoms with E-state index in [0.29, 0.717) is 0 Å². The number of morpholine rings is 1. The maximum Gasteiger partial charge on any atom is 0.112 e. The SMILES string of the molecule is CCc1nc2c(N)cc(N3CCOCC3)cc2n1Cc1cccc2ccccc12. The first-order valence-corrected chi connectivity index (χ1v) is 10.3. The molecule has 2 heterocycles. The molecule has 148 valence electrons. The zero-order chi connectivity index (χ0) is 19.8. The number of hydrogen-bond donors (Lipinski definition) is 1. The fourth-order valence-electron chi connectivity index (χ4n) is 4.33. The number of fused-ring (bicyclic) bond motifs is 2. The summed E-state index contributed by atoms with van der Waals surface area (Å²) >= 11 is 0. The van der Waals surface area contributed by atoms with Crippen LogP contribution in [0.3, 0.4) is 0 Å². The Hall–Kier alpha value is -3.05. The highest BCUT2D eigenvalue weighted by atomic mass is 16.5. The first-order chi connectivity index (χ1) is 14.2. The Labute approximate surface area is 170 Å². The molecule has 4 aromatic rings. The van der Waals surface area contributed by atoms with Crippen molar-refractivity contribution < 1.29 is 4.74 Å². The molecular formula is C24H26N4O. The third-order valence-electron chi connectivity index (χ3n) is 5.85. The van der Waals surface area contributed by atoms with Gasteiger partial charge in [0.05, 0.1) is 24.4 Å². The van der Waals surface area contributed by atoms with E-state index in [2.05, 4.69) is 71.0 Å². The number of anilines is 2. The summed E-state index contributed by atoms with van der Waals surface area (Å²) in [5.41, 5.74) is 11.7. The number of benzene rings is 3. The van der Waals surface area contributed by atoms with E-state index in [1.807, 2.05) is 0 Å². The predicted octanol–water partition coefficient (Wildman–Crippen LogP) is 4.22. The van der Waals surface area contributed by atoms with E-state index in [1.165, 1.54) is 16.3 Å². The number of imidazole rings is 1. The standard InChI is InChI=1S/C24H26N4O/c1-2-23-26-24-21(25)14-19(27-10-12-29-13-11-27)15-22(24)28(23)16-18-8-5-7-17-6-3-4-9-20(17)18/h3-9,14-15H,2,10-13,16,25H2,1H3. The third-order valence-corrected chi connectivity index (χ3v) is 5.85. The molecule has 0 saturated carbocycles. The van der Waals surface area contributed by atoms with Crippen molar-refractivity contribution in [2.75, 3.05) is 36.9 Å². The summed E-state index contributed by atoms with van der Waals surface area (Å²) in [6.45, 7) is 6.24. The van der Waals surface area contributed by atoms with Crippen molar-refractivity contribution in [2.45, 2.75) is 19.9 Å². The highest BCUT2D eigenvalue weighted by Gasteiger charge is 2.18. The smallest absolute Gasteiger partial charge is 0.112 e. The number of nitrogen functional groups attached to an aromatic ring is 1. The van der Waals surface area contributed by atoms with E-state index in [-0.39, 0.29) is 0 Å². The molecule has 5 heteroatoms. The van der Waals surface area contributed by atoms with Gasteiger partial charge in [0.15, 0.2) is 0 Å². The first kappa shape index (κ1) is 18.0. The second-order valence-corrected chi connectivity index (χ2v) is 7.61. The lowest BCUT2D eigenvalue weighted by Gasteiger charge is -2.29. The van der Waals surface area contributed by atoms with Crippen LogP contribution in [0.15, 0.2) is 54.6 Å². The van der Waals surface area contributed by atoms with Crippen LogP contribution in [0.1, 0.15) is 18.3 Å². The molecule has 1 aromatic heterocycles. The molecule has 0 bridgehead atoms. The van der Waals surface area contributed by atoms with Gasteiger partial charge >= 0.3 is 0 Å². The Morgan fingerprint density at radius 3 is 2.66 bits per heavy atom. The minimum absolute atomic E-state index is 0.746. The van der Waals surface area contributed by atoms with Crippen LogP contribution < -0.4 is 10.6 Å². The van der Waals surface area contributed by atoms with Gasteiger partial charge in [-0.3, -0.25) is 0 Å². The summed E-state index contributed by atoms with van der Waals surface area (Å²) in [5, 5.41) is 2.55. The predicted molar refractivity (Wildman–Crippen MR) is 120 cm³/mol. The average molecular weight is 386 g/mol. The Morgan fingerprint density at radius 1 is 1.03 bits per heavy atom. The zero-order valence-corrected chi connectivity index (χ0v) is 16.8. The second-order valence-electron chi connectivity index (χ2n) is 7.61. The minimum atomic E-state index is 0.746. The summed E-state index contributed by atoms with van der Waals surface area (Å²) in [6.07, 6.45) is 0.867. The number of nitrogens with zero attached hydrogens (tertiary/aromatic N) is 3. The maximum atomic E-state index is 6.45. The van der Waals surface area contributed by atoms with Gasteiger partial charge in [-0.15, -0.1) is 0 Å². The number of hydrogen-bond acceptors (Lipinski definition) is 4. The largest absolute Gasteiger partial charge is 0.397 e. The van der Waals surface area contributed by atoms with Crippen LogP contribution >= 0.6 is 0 Å². The summed E-state index contributed by atoms with van der Waals surface area (Å²) in [6, 6.07) is 19.4. The van der Waals surface area contributed by atoms with Crippen LogP contribution in [-0.4, -0.2) is 35.9 Å². The van der Waals surface area contributed by atoms with E-state index in [0.717, 1.165) is 67.5 Å². The van der Waals surface area contributed by atoms with Gasteiger partial charge in [-0.25, -0.2) is 4.98 Å². The van der Waals surface area contributed by atoms with Gasteiger partial charge in [0.1, 0.15) is 11.3 Å². The number of rotatable bonds is 4. The number of aryl methyl sites for hydroxylation is 1. The van der Waals surface area contributed by atoms with E-state index in [1.54, 1.807) is 0 Å². The lowest BCUT2D eigenvalue weighted by molar-refractivity contribution is 0.122. The fraction of sp³-hybridized carbons (Fsp3) is 0.292. The minimum Gasteiger partial charge on any atom is -0.397 e. The molecule has 1 fully saturated rings. The molecule has 5 nitrogen and oxygen atoms in total. The van der Waals surface area contributed by atoms with E-state index in [9.17, 15) is 0 Å². The molecule has 0 aliphatic carbocycles. The average Bonchev–Trinajstić information content (AvgIpc) is 3.13. The highest BCUT2D eigenvalue weighted by Crippen LogP contribution is 2.31. The summed E-state index contributed by atoms with van der Waals surface area (Å²) in [5.74, 6) is 1.07. The van der Waals surface area contributed by atoms with Crippen molar-refractivity contribution >= 4 is 33.2 Å². The molecule has 0 unspecified atom stereocenters. The van der Waals surface area contributed by atoms with E-state index >= 15 is 0 Å². The molecule has 0 amide bonds. The van der Waals surface area contributed by atoms with Crippen molar-refractivity contribution in [3.05, 3.63) is 66.0 Å². The molecule has 29 heavy (non-hydrogen) atoms. The van der Waals surface area contributed by atoms with Gasteiger partial charge in [-0.1, -0.05) is 49.4 Å². The van der Waals surface area contributed by atoms with Crippen LogP contribution in [0.5, 0.6) is 0 Å². The van der Waals surface area contributed by atoms with E-state index < -0.39 is 0 Å². The molecule has 2 N–H and O–H groups in total. The zero-order valence-electron chi connectivity index (χ0n) is 16.8. The van der Waals surface area contributed by atoms with Crippen LogP contribution in [-0.2, 0) is 17.7 Å². The summed E-state index contributed by atoms with van der Waals surface area (Å²) < 4.78 is 7.84. The summed E-state index contributed by atoms with van der Waals surface area (Å²) in [7, 11) is 0. The normalized spacial score (nSPS) is 14.7. The van der Waals surface area contributed by atoms with Crippen LogP contribution in [0.2, 0.25) is 0 Å². The molecule has 0 atom stereocenters. The van der Waals surface area contributed by atoms with Crippen molar-refractivity contribution in [1.82, 2.24) is 9.55 Å². The lowest BCUT2D eigenvalue weighted by atomic mass is 10.0. The number of ether oxygens (including phenoxy) is 1. The molecule has 1 saturated heterocycles. The lowest BCUT2D eigenvalue weighted by Crippen LogP contribution is -2.36. The monoisotopic (exact) mass is 386 g/mol. The first-order valence-electron chi connectivity index (χ1n) is 10.3. The van der Waals surface area contributed by atoms with Crippen LogP contribution in [0.4, 0.5) is 11.4 Å². The van der Waals surface area contributed by atoms with Gasteiger partial charge in [0.2, 0.25) is 0 Å². The number of aromatic nitrogens is 2. The van der Waals surface area contributed by atoms with Gasteiger partial charge in [-0.05, 0) is 28.5 Å². The van der Waals surface area contributed by atoms with E-state index in [4.69, 9.17) is 15.5 Å². The van der Waals surface area contributed by atoms with Gasteiger partial charge in [0.25, 0.3) is 0 Å². The highest BCUT2D eigenvalue weighted by molar-refractivity contribution is 5.92. The Morgan fingerprint density at radius 2 is 1.83 bits per heavy atom. The Bertz CT molecular complexity index is 1170. The quantitative estimate of drug-likeness (QED) is 0.534. The van der Waals surface area contributed by atoms with Gasteiger partial charge in [-0.2, -0.15) is 0 Å². The topological polar surface area (TPSA) is 56.3 Å². The number of nitrogens with two attached hydrogens (primary N) is 1. The van der Waals surface area contributed by atoms with Crippen molar-refractivity contribution in [1.29, 1.82) is 0 Å². The molecule has 1 aliphatic heterocycles.